The van der Waals surface area contributed by atoms with Gasteiger partial charge in [0.1, 0.15) is 11.6 Å². The lowest BCUT2D eigenvalue weighted by Gasteiger charge is -2.08. The smallest absolute Gasteiger partial charge is 0.171 e. The lowest BCUT2D eigenvalue weighted by atomic mass is 10.0. The summed E-state index contributed by atoms with van der Waals surface area (Å²) in [6.45, 7) is 0. The molecule has 2 aromatic rings. The van der Waals surface area contributed by atoms with E-state index in [-0.39, 0.29) is 18.0 Å². The Morgan fingerprint density at radius 1 is 1.42 bits per heavy atom. The van der Waals surface area contributed by atoms with Gasteiger partial charge in [-0.2, -0.15) is 0 Å². The Hall–Kier alpha value is -1.75. The number of ether oxygens (including phenoxy) is 1. The minimum atomic E-state index is -0.382. The first-order valence-electron chi connectivity index (χ1n) is 5.57. The van der Waals surface area contributed by atoms with Gasteiger partial charge in [0.25, 0.3) is 0 Å². The molecule has 98 valence electrons. The first-order valence-corrected chi connectivity index (χ1v) is 6.37. The third-order valence-electron chi connectivity index (χ3n) is 2.69. The zero-order valence-corrected chi connectivity index (χ0v) is 11.8. The van der Waals surface area contributed by atoms with Crippen LogP contribution in [-0.4, -0.2) is 17.9 Å². The van der Waals surface area contributed by atoms with Crippen molar-refractivity contribution in [1.29, 1.82) is 0 Å². The molecular weight excluding hydrogens is 313 g/mol. The summed E-state index contributed by atoms with van der Waals surface area (Å²) in [5, 5.41) is 0. The molecule has 0 unspecified atom stereocenters. The van der Waals surface area contributed by atoms with Crippen LogP contribution in [0.3, 0.4) is 0 Å². The number of hydrogen-bond acceptors (Lipinski definition) is 3. The third kappa shape index (κ3) is 2.98. The van der Waals surface area contributed by atoms with Crippen LogP contribution in [0, 0.1) is 5.82 Å². The van der Waals surface area contributed by atoms with E-state index in [4.69, 9.17) is 4.74 Å². The second-order valence-corrected chi connectivity index (χ2v) is 4.68. The molecule has 0 bridgehead atoms. The lowest BCUT2D eigenvalue weighted by molar-refractivity contribution is 0.0989. The summed E-state index contributed by atoms with van der Waals surface area (Å²) in [7, 11) is 1.48. The number of nitrogens with zero attached hydrogens (tertiary/aromatic N) is 1. The summed E-state index contributed by atoms with van der Waals surface area (Å²) in [6.07, 6.45) is 3.10. The highest BCUT2D eigenvalue weighted by Gasteiger charge is 2.15. The molecule has 0 aliphatic carbocycles. The van der Waals surface area contributed by atoms with Gasteiger partial charge in [-0.25, -0.2) is 4.39 Å². The number of benzene rings is 1. The molecule has 0 aliphatic heterocycles. The average Bonchev–Trinajstić information content (AvgIpc) is 2.43. The number of rotatable bonds is 4. The van der Waals surface area contributed by atoms with E-state index in [2.05, 4.69) is 20.9 Å². The Morgan fingerprint density at radius 2 is 2.21 bits per heavy atom. The first-order chi connectivity index (χ1) is 9.13. The van der Waals surface area contributed by atoms with E-state index < -0.39 is 0 Å². The molecule has 1 heterocycles. The second-order valence-electron chi connectivity index (χ2n) is 3.89. The maximum Gasteiger partial charge on any atom is 0.171 e. The minimum absolute atomic E-state index is 0.0959. The van der Waals surface area contributed by atoms with E-state index in [0.717, 1.165) is 0 Å². The fraction of sp³-hybridized carbons (Fsp3) is 0.143. The predicted octanol–water partition coefficient (Wildman–Crippen LogP) is 3.42. The molecule has 19 heavy (non-hydrogen) atoms. The molecular formula is C14H11BrFNO2. The van der Waals surface area contributed by atoms with Gasteiger partial charge in [0.05, 0.1) is 23.3 Å². The molecule has 1 aromatic heterocycles. The Kier molecular flexibility index (Phi) is 4.27. The molecule has 0 spiro atoms. The lowest BCUT2D eigenvalue weighted by Crippen LogP contribution is -2.07. The molecule has 1 aromatic carbocycles. The quantitative estimate of drug-likeness (QED) is 0.809. The van der Waals surface area contributed by atoms with Crippen LogP contribution in [0.5, 0.6) is 5.75 Å². The Bertz CT molecular complexity index is 616. The molecule has 0 saturated heterocycles. The molecule has 0 aliphatic rings. The van der Waals surface area contributed by atoms with Crippen LogP contribution in [0.25, 0.3) is 0 Å². The number of methoxy groups -OCH3 is 1. The van der Waals surface area contributed by atoms with E-state index in [1.165, 1.54) is 25.6 Å². The summed E-state index contributed by atoms with van der Waals surface area (Å²) < 4.78 is 18.8. The summed E-state index contributed by atoms with van der Waals surface area (Å²) in [6, 6.07) is 6.21. The van der Waals surface area contributed by atoms with Crippen molar-refractivity contribution in [2.24, 2.45) is 0 Å². The molecule has 0 amide bonds. The van der Waals surface area contributed by atoms with Crippen molar-refractivity contribution in [1.82, 2.24) is 4.98 Å². The van der Waals surface area contributed by atoms with Crippen molar-refractivity contribution in [3.05, 3.63) is 58.1 Å². The standard InChI is InChI=1S/C14H11BrFNO2/c1-19-13-8-17-6-5-10(13)12(18)7-9-3-2-4-11(16)14(9)15/h2-6,8H,7H2,1H3. The van der Waals surface area contributed by atoms with Gasteiger partial charge in [0, 0.05) is 12.6 Å². The van der Waals surface area contributed by atoms with Crippen LogP contribution in [-0.2, 0) is 6.42 Å². The van der Waals surface area contributed by atoms with E-state index in [9.17, 15) is 9.18 Å². The molecule has 0 N–H and O–H groups in total. The highest BCUT2D eigenvalue weighted by Crippen LogP contribution is 2.24. The molecule has 3 nitrogen and oxygen atoms in total. The van der Waals surface area contributed by atoms with Crippen LogP contribution in [0.2, 0.25) is 0 Å². The van der Waals surface area contributed by atoms with Crippen molar-refractivity contribution < 1.29 is 13.9 Å². The number of hydrogen-bond donors (Lipinski definition) is 0. The van der Waals surface area contributed by atoms with Gasteiger partial charge in [0.2, 0.25) is 0 Å². The Labute approximate surface area is 118 Å². The maximum atomic E-state index is 13.4. The minimum Gasteiger partial charge on any atom is -0.494 e. The summed E-state index contributed by atoms with van der Waals surface area (Å²) in [5.74, 6) is -0.113. The topological polar surface area (TPSA) is 39.2 Å². The number of aromatic nitrogens is 1. The van der Waals surface area contributed by atoms with Gasteiger partial charge in [-0.1, -0.05) is 12.1 Å². The fourth-order valence-electron chi connectivity index (χ4n) is 1.73. The first kappa shape index (κ1) is 13.7. The number of carbonyl (C=O) groups excluding carboxylic acids is 1. The number of pyridine rings is 1. The van der Waals surface area contributed by atoms with Gasteiger partial charge in [-0.15, -0.1) is 0 Å². The van der Waals surface area contributed by atoms with Crippen LogP contribution in [0.15, 0.2) is 41.1 Å². The fourth-order valence-corrected chi connectivity index (χ4v) is 2.13. The Morgan fingerprint density at radius 3 is 2.95 bits per heavy atom. The van der Waals surface area contributed by atoms with Crippen molar-refractivity contribution in [3.8, 4) is 5.75 Å². The number of ketones is 1. The monoisotopic (exact) mass is 323 g/mol. The maximum absolute atomic E-state index is 13.4. The Balaban J connectivity index is 2.28. The molecule has 2 rings (SSSR count). The van der Waals surface area contributed by atoms with Crippen LogP contribution in [0.1, 0.15) is 15.9 Å². The summed E-state index contributed by atoms with van der Waals surface area (Å²) >= 11 is 3.15. The molecule has 0 radical (unpaired) electrons. The van der Waals surface area contributed by atoms with Gasteiger partial charge in [-0.05, 0) is 33.6 Å². The van der Waals surface area contributed by atoms with Gasteiger partial charge < -0.3 is 4.74 Å². The summed E-state index contributed by atoms with van der Waals surface area (Å²) in [4.78, 5) is 16.1. The van der Waals surface area contributed by atoms with Crippen molar-refractivity contribution >= 4 is 21.7 Å². The van der Waals surface area contributed by atoms with E-state index in [1.54, 1.807) is 18.2 Å². The van der Waals surface area contributed by atoms with Crippen molar-refractivity contribution in [3.63, 3.8) is 0 Å². The van der Waals surface area contributed by atoms with E-state index in [0.29, 0.717) is 21.3 Å². The molecule has 5 heteroatoms. The van der Waals surface area contributed by atoms with Crippen LogP contribution < -0.4 is 4.74 Å². The molecule has 0 fully saturated rings. The largest absolute Gasteiger partial charge is 0.494 e. The SMILES string of the molecule is COc1cnccc1C(=O)Cc1cccc(F)c1Br. The van der Waals surface area contributed by atoms with Gasteiger partial charge in [0.15, 0.2) is 5.78 Å². The van der Waals surface area contributed by atoms with Crippen molar-refractivity contribution in [2.45, 2.75) is 6.42 Å². The molecule has 0 atom stereocenters. The number of Topliss-reactive ketones (excluding diaryl/α,β-unsaturated/α-hetero) is 1. The zero-order valence-electron chi connectivity index (χ0n) is 10.2. The molecule has 0 saturated carbocycles. The second kappa shape index (κ2) is 5.93. The van der Waals surface area contributed by atoms with Crippen LogP contribution >= 0.6 is 15.9 Å². The highest BCUT2D eigenvalue weighted by molar-refractivity contribution is 9.10. The number of halogens is 2. The zero-order chi connectivity index (χ0) is 13.8. The van der Waals surface area contributed by atoms with E-state index >= 15 is 0 Å². The van der Waals surface area contributed by atoms with E-state index in [1.807, 2.05) is 0 Å². The highest BCUT2D eigenvalue weighted by atomic mass is 79.9. The third-order valence-corrected chi connectivity index (χ3v) is 3.58. The summed E-state index contributed by atoms with van der Waals surface area (Å²) in [5.41, 5.74) is 1.04. The average molecular weight is 324 g/mol. The van der Waals surface area contributed by atoms with Gasteiger partial charge in [-0.3, -0.25) is 9.78 Å². The number of carbonyl (C=O) groups is 1. The van der Waals surface area contributed by atoms with Crippen molar-refractivity contribution in [2.75, 3.05) is 7.11 Å². The van der Waals surface area contributed by atoms with Gasteiger partial charge >= 0.3 is 0 Å². The van der Waals surface area contributed by atoms with Crippen LogP contribution in [0.4, 0.5) is 4.39 Å². The predicted molar refractivity (Wildman–Crippen MR) is 72.9 cm³/mol. The normalized spacial score (nSPS) is 10.3.